The Hall–Kier alpha value is -2.39. The third-order valence-electron chi connectivity index (χ3n) is 6.53. The summed E-state index contributed by atoms with van der Waals surface area (Å²) in [6.45, 7) is 4.20. The number of para-hydroxylation sites is 2. The van der Waals surface area contributed by atoms with Gasteiger partial charge in [0, 0.05) is 13.1 Å². The molecule has 1 N–H and O–H groups in total. The van der Waals surface area contributed by atoms with Gasteiger partial charge in [0.2, 0.25) is 0 Å². The van der Waals surface area contributed by atoms with E-state index in [4.69, 9.17) is 9.47 Å². The topological polar surface area (TPSA) is 68.1 Å². The Morgan fingerprint density at radius 2 is 1.89 bits per heavy atom. The highest BCUT2D eigenvalue weighted by molar-refractivity contribution is 8.04. The number of aromatic nitrogens is 2. The zero-order valence-corrected chi connectivity index (χ0v) is 21.5. The van der Waals surface area contributed by atoms with Crippen molar-refractivity contribution < 1.29 is 14.3 Å². The lowest BCUT2D eigenvalue weighted by molar-refractivity contribution is -0.117. The predicted octanol–water partition coefficient (Wildman–Crippen LogP) is 4.29. The molecule has 3 aromatic rings. The number of benzene rings is 1. The molecule has 35 heavy (non-hydrogen) atoms. The van der Waals surface area contributed by atoms with Crippen LogP contribution in [0.2, 0.25) is 0 Å². The quantitative estimate of drug-likeness (QED) is 0.526. The molecule has 1 fully saturated rings. The number of carbonyl (C=O) groups excluding carboxylic acids is 1. The Bertz CT molecular complexity index is 1230. The van der Waals surface area contributed by atoms with Crippen molar-refractivity contribution in [3.63, 3.8) is 0 Å². The van der Waals surface area contributed by atoms with Crippen molar-refractivity contribution in [1.82, 2.24) is 19.6 Å². The number of ether oxygens (including phenoxy) is 2. The van der Waals surface area contributed by atoms with Crippen LogP contribution < -0.4 is 14.8 Å². The van der Waals surface area contributed by atoms with Crippen LogP contribution in [0.1, 0.15) is 18.5 Å². The summed E-state index contributed by atoms with van der Waals surface area (Å²) in [5, 5.41) is 4.19. The Balaban J connectivity index is 0.00000144. The van der Waals surface area contributed by atoms with Gasteiger partial charge in [-0.15, -0.1) is 24.8 Å². The van der Waals surface area contributed by atoms with Gasteiger partial charge >= 0.3 is 0 Å². The first-order valence-corrected chi connectivity index (χ1v) is 12.3. The second-order valence-electron chi connectivity index (χ2n) is 8.80. The summed E-state index contributed by atoms with van der Waals surface area (Å²) < 4.78 is 14.0. The summed E-state index contributed by atoms with van der Waals surface area (Å²) in [6, 6.07) is 13.8. The highest BCUT2D eigenvalue weighted by atomic mass is 35.5. The molecule has 5 heterocycles. The van der Waals surface area contributed by atoms with E-state index in [1.807, 2.05) is 54.7 Å². The predicted molar refractivity (Wildman–Crippen MR) is 142 cm³/mol. The molecule has 0 saturated carbocycles. The van der Waals surface area contributed by atoms with Gasteiger partial charge in [-0.2, -0.15) is 0 Å². The maximum Gasteiger partial charge on any atom is 0.258 e. The minimum Gasteiger partial charge on any atom is -0.486 e. The largest absolute Gasteiger partial charge is 0.486 e. The Labute approximate surface area is 221 Å². The van der Waals surface area contributed by atoms with Gasteiger partial charge in [0.15, 0.2) is 11.5 Å². The summed E-state index contributed by atoms with van der Waals surface area (Å²) in [5.41, 5.74) is 1.86. The number of halogens is 2. The molecular formula is C25H28Cl2N4O3S. The van der Waals surface area contributed by atoms with E-state index >= 15 is 0 Å². The van der Waals surface area contributed by atoms with Crippen molar-refractivity contribution in [2.75, 3.05) is 32.8 Å². The Morgan fingerprint density at radius 3 is 2.71 bits per heavy atom. The van der Waals surface area contributed by atoms with Gasteiger partial charge in [0.05, 0.1) is 21.8 Å². The number of hydrogen-bond acceptors (Lipinski definition) is 6. The lowest BCUT2D eigenvalue weighted by Gasteiger charge is -2.35. The molecule has 0 aliphatic carbocycles. The SMILES string of the molecule is Cl.Cl.O=C(NCC1CCN(C[C@@H]2COc3ccccc3O2)CC1)C1=Cc2cnc3cccc(n23)S1. The van der Waals surface area contributed by atoms with E-state index in [1.165, 1.54) is 11.8 Å². The number of likely N-dealkylation sites (tertiary alicyclic amines) is 1. The number of rotatable bonds is 5. The summed E-state index contributed by atoms with van der Waals surface area (Å²) >= 11 is 1.50. The van der Waals surface area contributed by atoms with Crippen LogP contribution in [-0.2, 0) is 4.79 Å². The number of imidazole rings is 1. The summed E-state index contributed by atoms with van der Waals surface area (Å²) in [6.07, 6.45) is 5.96. The lowest BCUT2D eigenvalue weighted by Crippen LogP contribution is -2.45. The van der Waals surface area contributed by atoms with Crippen LogP contribution in [0.25, 0.3) is 11.7 Å². The molecule has 0 bridgehead atoms. The van der Waals surface area contributed by atoms with Gasteiger partial charge in [-0.05, 0) is 62.2 Å². The van der Waals surface area contributed by atoms with Crippen LogP contribution in [0, 0.1) is 5.92 Å². The Kier molecular flexibility index (Phi) is 8.16. The normalized spacial score (nSPS) is 19.3. The van der Waals surface area contributed by atoms with Crippen molar-refractivity contribution in [2.45, 2.75) is 24.0 Å². The van der Waals surface area contributed by atoms with Crippen LogP contribution >= 0.6 is 36.6 Å². The van der Waals surface area contributed by atoms with Gasteiger partial charge in [0.1, 0.15) is 18.4 Å². The van der Waals surface area contributed by atoms with Gasteiger partial charge in [0.25, 0.3) is 5.91 Å². The molecule has 3 aliphatic heterocycles. The molecule has 186 valence electrons. The molecule has 3 aliphatic rings. The molecule has 10 heteroatoms. The number of carbonyl (C=O) groups is 1. The minimum atomic E-state index is -0.00157. The minimum absolute atomic E-state index is 0. The van der Waals surface area contributed by atoms with E-state index in [1.54, 1.807) is 0 Å². The van der Waals surface area contributed by atoms with E-state index in [-0.39, 0.29) is 36.8 Å². The fourth-order valence-electron chi connectivity index (χ4n) is 4.74. The smallest absolute Gasteiger partial charge is 0.258 e. The van der Waals surface area contributed by atoms with Gasteiger partial charge in [-0.25, -0.2) is 4.98 Å². The van der Waals surface area contributed by atoms with Crippen LogP contribution in [0.4, 0.5) is 0 Å². The molecule has 1 saturated heterocycles. The standard InChI is InChI=1S/C25H26N4O3S.2ClH/c30-25(22-12-18-14-26-23-6-3-7-24(33-22)29(18)23)27-13-17-8-10-28(11-9-17)15-19-16-31-20-4-1-2-5-21(20)32-19;;/h1-7,12,14,17,19H,8-11,13,15-16H2,(H,27,30);2*1H/t19-;;/m1../s1. The second-order valence-corrected chi connectivity index (χ2v) is 9.87. The van der Waals surface area contributed by atoms with Crippen molar-refractivity contribution in [2.24, 2.45) is 5.92 Å². The van der Waals surface area contributed by atoms with Crippen LogP contribution in [0.15, 0.2) is 58.6 Å². The van der Waals surface area contributed by atoms with Crippen molar-refractivity contribution in [3.8, 4) is 11.5 Å². The lowest BCUT2D eigenvalue weighted by atomic mass is 9.96. The van der Waals surface area contributed by atoms with Crippen LogP contribution in [0.5, 0.6) is 11.5 Å². The van der Waals surface area contributed by atoms with E-state index in [0.717, 1.165) is 65.2 Å². The first kappa shape index (κ1) is 25.7. The van der Waals surface area contributed by atoms with E-state index in [0.29, 0.717) is 19.1 Å². The van der Waals surface area contributed by atoms with E-state index in [9.17, 15) is 4.79 Å². The van der Waals surface area contributed by atoms with Gasteiger partial charge in [-0.3, -0.25) is 14.1 Å². The molecule has 1 atom stereocenters. The number of nitrogens with zero attached hydrogens (tertiary/aromatic N) is 3. The van der Waals surface area contributed by atoms with E-state index < -0.39 is 0 Å². The molecule has 0 unspecified atom stereocenters. The van der Waals surface area contributed by atoms with E-state index in [2.05, 4.69) is 19.6 Å². The number of fused-ring (bicyclic) bond motifs is 1. The number of piperidine rings is 1. The molecule has 6 rings (SSSR count). The average molecular weight is 535 g/mol. The molecule has 7 nitrogen and oxygen atoms in total. The fourth-order valence-corrected chi connectivity index (χ4v) is 5.74. The van der Waals surface area contributed by atoms with Crippen molar-refractivity contribution >= 4 is 54.2 Å². The fraction of sp³-hybridized carbons (Fsp3) is 0.360. The highest BCUT2D eigenvalue weighted by Crippen LogP contribution is 2.34. The zero-order chi connectivity index (χ0) is 22.2. The molecule has 0 radical (unpaired) electrons. The molecule has 1 amide bonds. The zero-order valence-electron chi connectivity index (χ0n) is 19.1. The molecule has 1 aromatic carbocycles. The molecular weight excluding hydrogens is 507 g/mol. The van der Waals surface area contributed by atoms with Crippen LogP contribution in [-0.4, -0.2) is 59.1 Å². The second kappa shape index (κ2) is 11.1. The number of nitrogens with one attached hydrogen (secondary N) is 1. The Morgan fingerprint density at radius 1 is 1.09 bits per heavy atom. The highest BCUT2D eigenvalue weighted by Gasteiger charge is 2.27. The number of pyridine rings is 1. The number of amides is 1. The maximum absolute atomic E-state index is 12.8. The van der Waals surface area contributed by atoms with Gasteiger partial charge in [-0.1, -0.05) is 30.0 Å². The third-order valence-corrected chi connectivity index (χ3v) is 7.58. The summed E-state index contributed by atoms with van der Waals surface area (Å²) in [7, 11) is 0. The molecule has 0 spiro atoms. The summed E-state index contributed by atoms with van der Waals surface area (Å²) in [5.74, 6) is 2.16. The maximum atomic E-state index is 12.8. The third kappa shape index (κ3) is 5.40. The first-order valence-electron chi connectivity index (χ1n) is 11.5. The van der Waals surface area contributed by atoms with Crippen molar-refractivity contribution in [3.05, 3.63) is 59.3 Å². The average Bonchev–Trinajstić information content (AvgIpc) is 3.28. The number of hydrogen-bond donors (Lipinski definition) is 1. The van der Waals surface area contributed by atoms with Gasteiger partial charge < -0.3 is 14.8 Å². The monoisotopic (exact) mass is 534 g/mol. The molecule has 2 aromatic heterocycles. The summed E-state index contributed by atoms with van der Waals surface area (Å²) in [4.78, 5) is 20.4. The first-order chi connectivity index (χ1) is 16.2. The number of thioether (sulfide) groups is 1. The van der Waals surface area contributed by atoms with Crippen LogP contribution in [0.3, 0.4) is 0 Å². The van der Waals surface area contributed by atoms with Crippen molar-refractivity contribution in [1.29, 1.82) is 0 Å².